The minimum absolute atomic E-state index is 0.0472. The number of carbonyl (C=O) groups excluding carboxylic acids is 1. The molecule has 24 heavy (non-hydrogen) atoms. The van der Waals surface area contributed by atoms with E-state index in [9.17, 15) is 10.1 Å². The van der Waals surface area contributed by atoms with Gasteiger partial charge in [0, 0.05) is 24.6 Å². The zero-order chi connectivity index (χ0) is 17.1. The molecule has 118 valence electrons. The van der Waals surface area contributed by atoms with E-state index in [0.717, 1.165) is 16.0 Å². The van der Waals surface area contributed by atoms with Gasteiger partial charge in [-0.05, 0) is 29.7 Å². The molecule has 1 amide bonds. The molecule has 0 atom stereocenters. The predicted molar refractivity (Wildman–Crippen MR) is 92.2 cm³/mol. The molecule has 2 heterocycles. The smallest absolute Gasteiger partial charge is 0.219 e. The Morgan fingerprint density at radius 3 is 2.92 bits per heavy atom. The molecular weight excluding hydrogens is 320 g/mol. The van der Waals surface area contributed by atoms with Crippen molar-refractivity contribution in [3.05, 3.63) is 51.4 Å². The molecule has 0 radical (unpaired) electrons. The van der Waals surface area contributed by atoms with Gasteiger partial charge in [-0.3, -0.25) is 4.79 Å². The maximum absolute atomic E-state index is 11.6. The van der Waals surface area contributed by atoms with Crippen LogP contribution in [0.4, 0.5) is 5.00 Å². The number of hydrogen-bond acceptors (Lipinski definition) is 5. The second kappa shape index (κ2) is 6.66. The molecule has 2 aromatic rings. The van der Waals surface area contributed by atoms with Crippen LogP contribution in [0.15, 0.2) is 29.3 Å². The van der Waals surface area contributed by atoms with Crippen molar-refractivity contribution in [2.24, 2.45) is 4.99 Å². The molecule has 5 nitrogen and oxygen atoms in total. The first-order valence-corrected chi connectivity index (χ1v) is 8.28. The largest absolute Gasteiger partial charge is 0.337 e. The number of nitrogens with zero attached hydrogens (tertiary/aromatic N) is 4. The summed E-state index contributed by atoms with van der Waals surface area (Å²) in [5.74, 6) is 0.0472. The van der Waals surface area contributed by atoms with Gasteiger partial charge in [-0.1, -0.05) is 12.1 Å². The van der Waals surface area contributed by atoms with Gasteiger partial charge < -0.3 is 4.90 Å². The van der Waals surface area contributed by atoms with Gasteiger partial charge in [-0.2, -0.15) is 10.5 Å². The van der Waals surface area contributed by atoms with Crippen LogP contribution < -0.4 is 0 Å². The monoisotopic (exact) mass is 334 g/mol. The Balaban J connectivity index is 1.92. The fourth-order valence-electron chi connectivity index (χ4n) is 2.69. The highest BCUT2D eigenvalue weighted by Crippen LogP contribution is 2.38. The van der Waals surface area contributed by atoms with Gasteiger partial charge in [0.1, 0.15) is 11.1 Å². The third kappa shape index (κ3) is 3.05. The van der Waals surface area contributed by atoms with Crippen LogP contribution in [0.2, 0.25) is 0 Å². The molecule has 1 aromatic heterocycles. The van der Waals surface area contributed by atoms with Crippen LogP contribution in [0, 0.1) is 22.7 Å². The number of aliphatic imine (C=N–C) groups is 1. The molecule has 0 spiro atoms. The summed E-state index contributed by atoms with van der Waals surface area (Å²) in [6.45, 7) is 2.75. The topological polar surface area (TPSA) is 80.2 Å². The van der Waals surface area contributed by atoms with Crippen molar-refractivity contribution >= 4 is 28.5 Å². The first-order chi connectivity index (χ1) is 11.6. The molecule has 0 bridgehead atoms. The molecule has 0 fully saturated rings. The summed E-state index contributed by atoms with van der Waals surface area (Å²) in [6.07, 6.45) is 2.36. The summed E-state index contributed by atoms with van der Waals surface area (Å²) in [5.41, 5.74) is 3.00. The Hall–Kier alpha value is -2.96. The SMILES string of the molecule is CC(=O)N1CCc2c(sc(N=Cc3cccc(C#N)c3)c2C#N)C1. The van der Waals surface area contributed by atoms with Crippen molar-refractivity contribution in [2.45, 2.75) is 19.9 Å². The molecule has 1 aliphatic heterocycles. The second-order valence-corrected chi connectivity index (χ2v) is 6.57. The van der Waals surface area contributed by atoms with Crippen molar-refractivity contribution in [1.82, 2.24) is 4.90 Å². The van der Waals surface area contributed by atoms with Crippen molar-refractivity contribution in [3.8, 4) is 12.1 Å². The van der Waals surface area contributed by atoms with E-state index in [1.54, 1.807) is 36.2 Å². The summed E-state index contributed by atoms with van der Waals surface area (Å²) in [4.78, 5) is 18.8. The van der Waals surface area contributed by atoms with Crippen molar-refractivity contribution in [2.75, 3.05) is 6.54 Å². The lowest BCUT2D eigenvalue weighted by Gasteiger charge is -2.25. The predicted octanol–water partition coefficient (Wildman–Crippen LogP) is 3.15. The molecule has 3 rings (SSSR count). The van der Waals surface area contributed by atoms with Crippen LogP contribution >= 0.6 is 11.3 Å². The number of thiophene rings is 1. The quantitative estimate of drug-likeness (QED) is 0.791. The highest BCUT2D eigenvalue weighted by Gasteiger charge is 2.25. The zero-order valence-corrected chi connectivity index (χ0v) is 13.9. The van der Waals surface area contributed by atoms with E-state index in [1.165, 1.54) is 11.3 Å². The van der Waals surface area contributed by atoms with E-state index in [-0.39, 0.29) is 5.91 Å². The van der Waals surface area contributed by atoms with Crippen LogP contribution in [0.3, 0.4) is 0 Å². The summed E-state index contributed by atoms with van der Waals surface area (Å²) in [5, 5.41) is 19.1. The Labute approximate surface area is 144 Å². The first kappa shape index (κ1) is 15.9. The van der Waals surface area contributed by atoms with Crippen LogP contribution in [-0.2, 0) is 17.8 Å². The third-order valence-corrected chi connectivity index (χ3v) is 5.07. The summed E-state index contributed by atoms with van der Waals surface area (Å²) in [7, 11) is 0. The number of amides is 1. The molecule has 0 N–H and O–H groups in total. The van der Waals surface area contributed by atoms with Gasteiger partial charge in [0.2, 0.25) is 5.91 Å². The summed E-state index contributed by atoms with van der Waals surface area (Å²) >= 11 is 1.46. The average molecular weight is 334 g/mol. The summed E-state index contributed by atoms with van der Waals surface area (Å²) < 4.78 is 0. The van der Waals surface area contributed by atoms with Crippen LogP contribution in [0.25, 0.3) is 0 Å². The lowest BCUT2D eigenvalue weighted by Crippen LogP contribution is -2.33. The molecular formula is C18H14N4OS. The van der Waals surface area contributed by atoms with E-state index in [0.29, 0.717) is 35.6 Å². The van der Waals surface area contributed by atoms with E-state index in [4.69, 9.17) is 5.26 Å². The van der Waals surface area contributed by atoms with Gasteiger partial charge in [0.25, 0.3) is 0 Å². The number of nitriles is 2. The van der Waals surface area contributed by atoms with E-state index >= 15 is 0 Å². The summed E-state index contributed by atoms with van der Waals surface area (Å²) in [6, 6.07) is 11.5. The number of rotatable bonds is 2. The fourth-order valence-corrected chi connectivity index (χ4v) is 3.84. The highest BCUT2D eigenvalue weighted by atomic mass is 32.1. The van der Waals surface area contributed by atoms with Crippen molar-refractivity contribution in [3.63, 3.8) is 0 Å². The third-order valence-electron chi connectivity index (χ3n) is 3.94. The van der Waals surface area contributed by atoms with Gasteiger partial charge in [-0.15, -0.1) is 11.3 Å². The Morgan fingerprint density at radius 2 is 2.21 bits per heavy atom. The van der Waals surface area contributed by atoms with Gasteiger partial charge in [0.05, 0.1) is 23.7 Å². The number of hydrogen-bond donors (Lipinski definition) is 0. The molecule has 0 saturated carbocycles. The van der Waals surface area contributed by atoms with Gasteiger partial charge in [0.15, 0.2) is 0 Å². The van der Waals surface area contributed by atoms with Gasteiger partial charge >= 0.3 is 0 Å². The lowest BCUT2D eigenvalue weighted by atomic mass is 10.0. The minimum Gasteiger partial charge on any atom is -0.337 e. The van der Waals surface area contributed by atoms with Crippen molar-refractivity contribution < 1.29 is 4.79 Å². The standard InChI is InChI=1S/C18H14N4OS/c1-12(23)22-6-5-15-16(9-20)18(24-17(15)11-22)21-10-14-4-2-3-13(7-14)8-19/h2-4,7,10H,5-6,11H2,1H3. The van der Waals surface area contributed by atoms with E-state index in [2.05, 4.69) is 17.1 Å². The van der Waals surface area contributed by atoms with Crippen molar-refractivity contribution in [1.29, 1.82) is 10.5 Å². The minimum atomic E-state index is 0.0472. The number of fused-ring (bicyclic) bond motifs is 1. The van der Waals surface area contributed by atoms with Crippen LogP contribution in [0.5, 0.6) is 0 Å². The average Bonchev–Trinajstić information content (AvgIpc) is 2.96. The molecule has 1 aliphatic rings. The highest BCUT2D eigenvalue weighted by molar-refractivity contribution is 7.16. The van der Waals surface area contributed by atoms with Crippen LogP contribution in [-0.4, -0.2) is 23.6 Å². The molecule has 1 aromatic carbocycles. The maximum Gasteiger partial charge on any atom is 0.219 e. The molecule has 6 heteroatoms. The lowest BCUT2D eigenvalue weighted by molar-refractivity contribution is -0.129. The fraction of sp³-hybridized carbons (Fsp3) is 0.222. The zero-order valence-electron chi connectivity index (χ0n) is 13.1. The molecule has 0 saturated heterocycles. The molecule has 0 unspecified atom stereocenters. The number of benzene rings is 1. The van der Waals surface area contributed by atoms with E-state index in [1.807, 2.05) is 6.07 Å². The first-order valence-electron chi connectivity index (χ1n) is 7.46. The Morgan fingerprint density at radius 1 is 1.38 bits per heavy atom. The second-order valence-electron chi connectivity index (χ2n) is 5.48. The Kier molecular flexibility index (Phi) is 4.41. The van der Waals surface area contributed by atoms with Gasteiger partial charge in [-0.25, -0.2) is 4.99 Å². The molecule has 0 aliphatic carbocycles. The normalized spacial score (nSPS) is 13.4. The van der Waals surface area contributed by atoms with Crippen LogP contribution in [0.1, 0.15) is 34.1 Å². The number of carbonyl (C=O) groups is 1. The maximum atomic E-state index is 11.6. The van der Waals surface area contributed by atoms with E-state index < -0.39 is 0 Å². The Bertz CT molecular complexity index is 914.